The Morgan fingerprint density at radius 3 is 2.88 bits per heavy atom. The van der Waals surface area contributed by atoms with Crippen LogP contribution in [0.3, 0.4) is 0 Å². The van der Waals surface area contributed by atoms with Gasteiger partial charge in [0.15, 0.2) is 0 Å². The van der Waals surface area contributed by atoms with Gasteiger partial charge in [-0.1, -0.05) is 11.6 Å². The fourth-order valence-electron chi connectivity index (χ4n) is 2.33. The van der Waals surface area contributed by atoms with Crippen LogP contribution in [0.25, 0.3) is 10.8 Å². The summed E-state index contributed by atoms with van der Waals surface area (Å²) in [6.07, 6.45) is 6.62. The molecule has 0 saturated heterocycles. The van der Waals surface area contributed by atoms with E-state index in [0.29, 0.717) is 5.15 Å². The van der Waals surface area contributed by atoms with Gasteiger partial charge in [0.25, 0.3) is 0 Å². The maximum absolute atomic E-state index is 5.82. The highest BCUT2D eigenvalue weighted by Crippen LogP contribution is 2.27. The number of pyridine rings is 2. The Labute approximate surface area is 150 Å². The van der Waals surface area contributed by atoms with Crippen molar-refractivity contribution in [1.82, 2.24) is 9.97 Å². The first-order valence-electron chi connectivity index (χ1n) is 7.65. The van der Waals surface area contributed by atoms with Gasteiger partial charge in [-0.15, -0.1) is 0 Å². The molecule has 0 unspecified atom stereocenters. The molecule has 3 aromatic rings. The van der Waals surface area contributed by atoms with E-state index in [1.165, 1.54) is 0 Å². The maximum atomic E-state index is 5.82. The van der Waals surface area contributed by atoms with Crippen molar-refractivity contribution in [3.63, 3.8) is 0 Å². The quantitative estimate of drug-likeness (QED) is 0.466. The van der Waals surface area contributed by atoms with Crippen molar-refractivity contribution < 1.29 is 4.74 Å². The molecule has 0 atom stereocenters. The standard InChI is InChI=1S/C18H18ClN3OS/c1-24-10-2-9-23-15-4-5-16-13(11-15)7-8-20-18(16)22-14-3-6-17(19)21-12-14/h3-8,11-12H,2,9-10H2,1H3,(H,20,22). The molecule has 1 N–H and O–H groups in total. The van der Waals surface area contributed by atoms with Crippen molar-refractivity contribution in [2.24, 2.45) is 0 Å². The molecule has 124 valence electrons. The molecule has 0 saturated carbocycles. The van der Waals surface area contributed by atoms with E-state index in [1.807, 2.05) is 42.1 Å². The molecule has 0 aliphatic carbocycles. The van der Waals surface area contributed by atoms with E-state index in [2.05, 4.69) is 21.5 Å². The predicted octanol–water partition coefficient (Wildman–Crippen LogP) is 5.16. The van der Waals surface area contributed by atoms with Gasteiger partial charge < -0.3 is 10.1 Å². The summed E-state index contributed by atoms with van der Waals surface area (Å²) in [4.78, 5) is 8.50. The average Bonchev–Trinajstić information content (AvgIpc) is 2.61. The number of ether oxygens (including phenoxy) is 1. The fraction of sp³-hybridized carbons (Fsp3) is 0.222. The van der Waals surface area contributed by atoms with Crippen LogP contribution in [0.5, 0.6) is 5.75 Å². The number of anilines is 2. The number of fused-ring (bicyclic) bond motifs is 1. The smallest absolute Gasteiger partial charge is 0.138 e. The van der Waals surface area contributed by atoms with Gasteiger partial charge in [-0.05, 0) is 60.2 Å². The number of thioether (sulfide) groups is 1. The van der Waals surface area contributed by atoms with Crippen molar-refractivity contribution in [2.75, 3.05) is 23.9 Å². The fourth-order valence-corrected chi connectivity index (χ4v) is 2.84. The number of benzene rings is 1. The van der Waals surface area contributed by atoms with Crippen LogP contribution in [0.2, 0.25) is 5.15 Å². The highest BCUT2D eigenvalue weighted by molar-refractivity contribution is 7.98. The molecule has 4 nitrogen and oxygen atoms in total. The third kappa shape index (κ3) is 4.30. The predicted molar refractivity (Wildman–Crippen MR) is 103 cm³/mol. The molecule has 0 bridgehead atoms. The molecular formula is C18H18ClN3OS. The SMILES string of the molecule is CSCCCOc1ccc2c(Nc3ccc(Cl)nc3)nccc2c1. The summed E-state index contributed by atoms with van der Waals surface area (Å²) in [5.41, 5.74) is 0.844. The zero-order valence-electron chi connectivity index (χ0n) is 13.3. The monoisotopic (exact) mass is 359 g/mol. The lowest BCUT2D eigenvalue weighted by atomic mass is 10.1. The molecule has 2 aromatic heterocycles. The van der Waals surface area contributed by atoms with E-state index in [4.69, 9.17) is 16.3 Å². The van der Waals surface area contributed by atoms with Crippen LogP contribution in [0, 0.1) is 0 Å². The number of halogens is 1. The number of nitrogens with zero attached hydrogens (tertiary/aromatic N) is 2. The third-order valence-corrected chi connectivity index (χ3v) is 4.41. The molecule has 1 aromatic carbocycles. The van der Waals surface area contributed by atoms with Gasteiger partial charge in [0.2, 0.25) is 0 Å². The van der Waals surface area contributed by atoms with Crippen LogP contribution in [0.15, 0.2) is 48.8 Å². The topological polar surface area (TPSA) is 47.0 Å². The highest BCUT2D eigenvalue weighted by Gasteiger charge is 2.05. The molecule has 24 heavy (non-hydrogen) atoms. The summed E-state index contributed by atoms with van der Waals surface area (Å²) in [6, 6.07) is 11.7. The Balaban J connectivity index is 1.78. The molecule has 0 radical (unpaired) electrons. The first-order valence-corrected chi connectivity index (χ1v) is 9.42. The first kappa shape index (κ1) is 16.9. The van der Waals surface area contributed by atoms with Gasteiger partial charge in [-0.3, -0.25) is 0 Å². The van der Waals surface area contributed by atoms with Gasteiger partial charge in [0.1, 0.15) is 16.7 Å². The number of hydrogen-bond acceptors (Lipinski definition) is 5. The molecule has 0 amide bonds. The number of hydrogen-bond donors (Lipinski definition) is 1. The van der Waals surface area contributed by atoms with Gasteiger partial charge in [0.05, 0.1) is 18.5 Å². The highest BCUT2D eigenvalue weighted by atomic mass is 35.5. The molecule has 0 fully saturated rings. The van der Waals surface area contributed by atoms with Crippen LogP contribution in [0.4, 0.5) is 11.5 Å². The van der Waals surface area contributed by atoms with E-state index in [9.17, 15) is 0 Å². The summed E-state index contributed by atoms with van der Waals surface area (Å²) in [6.45, 7) is 0.735. The summed E-state index contributed by atoms with van der Waals surface area (Å²) in [5, 5.41) is 5.86. The van der Waals surface area contributed by atoms with Crippen molar-refractivity contribution in [1.29, 1.82) is 0 Å². The van der Waals surface area contributed by atoms with Crippen molar-refractivity contribution in [3.05, 3.63) is 53.9 Å². The summed E-state index contributed by atoms with van der Waals surface area (Å²) in [5.74, 6) is 2.78. The van der Waals surface area contributed by atoms with Gasteiger partial charge in [-0.2, -0.15) is 11.8 Å². The van der Waals surface area contributed by atoms with E-state index in [-0.39, 0.29) is 0 Å². The van der Waals surface area contributed by atoms with Crippen LogP contribution < -0.4 is 10.1 Å². The molecule has 3 rings (SSSR count). The van der Waals surface area contributed by atoms with Crippen LogP contribution in [0.1, 0.15) is 6.42 Å². The van der Waals surface area contributed by atoms with Gasteiger partial charge >= 0.3 is 0 Å². The van der Waals surface area contributed by atoms with Crippen molar-refractivity contribution >= 4 is 45.6 Å². The minimum absolute atomic E-state index is 0.467. The Kier molecular flexibility index (Phi) is 5.77. The summed E-state index contributed by atoms with van der Waals surface area (Å²) < 4.78 is 5.81. The van der Waals surface area contributed by atoms with Crippen molar-refractivity contribution in [3.8, 4) is 5.75 Å². The first-order chi connectivity index (χ1) is 11.8. The largest absolute Gasteiger partial charge is 0.494 e. The normalized spacial score (nSPS) is 10.8. The lowest BCUT2D eigenvalue weighted by Gasteiger charge is -2.10. The number of aromatic nitrogens is 2. The lowest BCUT2D eigenvalue weighted by Crippen LogP contribution is -1.99. The van der Waals surface area contributed by atoms with Crippen molar-refractivity contribution in [2.45, 2.75) is 6.42 Å². The van der Waals surface area contributed by atoms with Gasteiger partial charge in [-0.25, -0.2) is 9.97 Å². The minimum atomic E-state index is 0.467. The zero-order valence-corrected chi connectivity index (χ0v) is 14.9. The lowest BCUT2D eigenvalue weighted by molar-refractivity contribution is 0.319. The Morgan fingerprint density at radius 2 is 2.08 bits per heavy atom. The number of nitrogens with one attached hydrogen (secondary N) is 1. The van der Waals surface area contributed by atoms with Gasteiger partial charge in [0, 0.05) is 11.6 Å². The van der Waals surface area contributed by atoms with E-state index in [0.717, 1.165) is 46.8 Å². The molecule has 0 aliphatic rings. The molecule has 0 spiro atoms. The van der Waals surface area contributed by atoms with Crippen LogP contribution in [-0.4, -0.2) is 28.6 Å². The van der Waals surface area contributed by atoms with Crippen LogP contribution >= 0.6 is 23.4 Å². The Hall–Kier alpha value is -1.98. The molecule has 0 aliphatic heterocycles. The van der Waals surface area contributed by atoms with Crippen LogP contribution in [-0.2, 0) is 0 Å². The second-order valence-electron chi connectivity index (χ2n) is 5.23. The number of rotatable bonds is 7. The Bertz CT molecular complexity index is 811. The zero-order chi connectivity index (χ0) is 16.8. The second kappa shape index (κ2) is 8.22. The average molecular weight is 360 g/mol. The van der Waals surface area contributed by atoms with E-state index >= 15 is 0 Å². The van der Waals surface area contributed by atoms with E-state index in [1.54, 1.807) is 18.5 Å². The second-order valence-corrected chi connectivity index (χ2v) is 6.60. The molecular weight excluding hydrogens is 342 g/mol. The maximum Gasteiger partial charge on any atom is 0.138 e. The Morgan fingerprint density at radius 1 is 1.17 bits per heavy atom. The summed E-state index contributed by atoms with van der Waals surface area (Å²) >= 11 is 7.65. The minimum Gasteiger partial charge on any atom is -0.494 e. The molecule has 6 heteroatoms. The summed E-state index contributed by atoms with van der Waals surface area (Å²) in [7, 11) is 0. The third-order valence-electron chi connectivity index (χ3n) is 3.49. The molecule has 2 heterocycles. The van der Waals surface area contributed by atoms with E-state index < -0.39 is 0 Å².